The Kier molecular flexibility index (Phi) is 3.35. The van der Waals surface area contributed by atoms with Gasteiger partial charge in [0.05, 0.1) is 0 Å². The smallest absolute Gasteiger partial charge is 0.260 e. The van der Waals surface area contributed by atoms with E-state index in [4.69, 9.17) is 0 Å². The molecule has 0 atom stereocenters. The van der Waals surface area contributed by atoms with Gasteiger partial charge in [-0.1, -0.05) is 0 Å². The van der Waals surface area contributed by atoms with Crippen LogP contribution in [-0.2, 0) is 0 Å². The fourth-order valence-electron chi connectivity index (χ4n) is 0.375. The van der Waals surface area contributed by atoms with Crippen LogP contribution in [0.5, 0.6) is 0 Å². The molecule has 0 heterocycles. The number of nitrogens with zero attached hydrogens (tertiary/aromatic N) is 1. The molecule has 9 heteroatoms. The molecule has 1 nitrogen and oxygen atoms in total. The SMILES string of the molecule is CN(/C(F)=C(\F)C(F)(F)F)C(F)(F)F. The molecule has 0 amide bonds. The third-order valence-electron chi connectivity index (χ3n) is 1.10. The highest BCUT2D eigenvalue weighted by atomic mass is 19.4. The van der Waals surface area contributed by atoms with Gasteiger partial charge in [0, 0.05) is 7.05 Å². The normalized spacial score (nSPS) is 15.2. The Balaban J connectivity index is 5.03. The predicted octanol–water partition coefficient (Wildman–Crippen LogP) is 3.11. The first kappa shape index (κ1) is 13.0. The van der Waals surface area contributed by atoms with Gasteiger partial charge in [0.15, 0.2) is 0 Å². The summed E-state index contributed by atoms with van der Waals surface area (Å²) in [6.45, 7) is 0. The van der Waals surface area contributed by atoms with Crippen LogP contribution in [0.3, 0.4) is 0 Å². The van der Waals surface area contributed by atoms with E-state index in [1.54, 1.807) is 0 Å². The van der Waals surface area contributed by atoms with Crippen molar-refractivity contribution < 1.29 is 35.1 Å². The molecule has 84 valence electrons. The van der Waals surface area contributed by atoms with Crippen molar-refractivity contribution in [1.82, 2.24) is 4.90 Å². The van der Waals surface area contributed by atoms with Crippen molar-refractivity contribution >= 4 is 0 Å². The largest absolute Gasteiger partial charge is 0.486 e. The molecule has 0 N–H and O–H groups in total. The molecule has 0 aliphatic carbocycles. The number of rotatable bonds is 1. The standard InChI is InChI=1S/C5H3F8N/c1-14(5(11,12)13)3(7)2(6)4(8,9)10/h1H3/b3-2-. The summed E-state index contributed by atoms with van der Waals surface area (Å²) in [7, 11) is -0.0688. The van der Waals surface area contributed by atoms with Gasteiger partial charge in [0.2, 0.25) is 5.95 Å². The Morgan fingerprint density at radius 3 is 1.50 bits per heavy atom. The van der Waals surface area contributed by atoms with Gasteiger partial charge in [-0.3, -0.25) is 4.90 Å². The first-order chi connectivity index (χ1) is 5.98. The van der Waals surface area contributed by atoms with Crippen LogP contribution in [0.15, 0.2) is 11.8 Å². The van der Waals surface area contributed by atoms with E-state index in [1.807, 2.05) is 0 Å². The Labute approximate surface area is 72.6 Å². The minimum absolute atomic E-state index is 0.0688. The van der Waals surface area contributed by atoms with E-state index in [0.29, 0.717) is 0 Å². The lowest BCUT2D eigenvalue weighted by Gasteiger charge is -2.20. The number of alkyl halides is 6. The summed E-state index contributed by atoms with van der Waals surface area (Å²) in [4.78, 5) is -1.41. The maximum atomic E-state index is 12.2. The topological polar surface area (TPSA) is 3.24 Å². The maximum Gasteiger partial charge on any atom is 0.486 e. The molecule has 14 heavy (non-hydrogen) atoms. The second kappa shape index (κ2) is 3.62. The molecule has 0 aliphatic heterocycles. The lowest BCUT2D eigenvalue weighted by molar-refractivity contribution is -0.233. The van der Waals surface area contributed by atoms with Gasteiger partial charge in [-0.05, 0) is 0 Å². The molecule has 0 aliphatic rings. The van der Waals surface area contributed by atoms with Gasteiger partial charge < -0.3 is 0 Å². The van der Waals surface area contributed by atoms with Crippen LogP contribution in [-0.4, -0.2) is 24.4 Å². The molecule has 0 fully saturated rings. The first-order valence-electron chi connectivity index (χ1n) is 2.91. The van der Waals surface area contributed by atoms with Crippen LogP contribution in [0.4, 0.5) is 35.1 Å². The van der Waals surface area contributed by atoms with E-state index in [1.165, 1.54) is 0 Å². The number of halogens is 8. The molecule has 0 aromatic carbocycles. The zero-order chi connectivity index (χ0) is 11.7. The van der Waals surface area contributed by atoms with E-state index in [9.17, 15) is 35.1 Å². The van der Waals surface area contributed by atoms with Gasteiger partial charge in [-0.2, -0.15) is 35.1 Å². The molecule has 0 unspecified atom stereocenters. The summed E-state index contributed by atoms with van der Waals surface area (Å²) in [5.74, 6) is -6.44. The highest BCUT2D eigenvalue weighted by Crippen LogP contribution is 2.34. The van der Waals surface area contributed by atoms with E-state index < -0.39 is 29.2 Å². The van der Waals surface area contributed by atoms with Crippen LogP contribution in [0.1, 0.15) is 0 Å². The average molecular weight is 229 g/mol. The molecule has 0 saturated carbocycles. The fraction of sp³-hybridized carbons (Fsp3) is 0.600. The zero-order valence-electron chi connectivity index (χ0n) is 6.47. The quantitative estimate of drug-likeness (QED) is 0.493. The summed E-state index contributed by atoms with van der Waals surface area (Å²) in [5.41, 5.74) is 0. The highest BCUT2D eigenvalue weighted by Gasteiger charge is 2.44. The lowest BCUT2D eigenvalue weighted by Crippen LogP contribution is -2.33. The van der Waals surface area contributed by atoms with Crippen molar-refractivity contribution in [2.45, 2.75) is 12.5 Å². The molecule has 0 radical (unpaired) electrons. The molecule has 0 bridgehead atoms. The van der Waals surface area contributed by atoms with Crippen LogP contribution in [0.2, 0.25) is 0 Å². The van der Waals surface area contributed by atoms with Crippen molar-refractivity contribution in [1.29, 1.82) is 0 Å². The monoisotopic (exact) mass is 229 g/mol. The van der Waals surface area contributed by atoms with Crippen molar-refractivity contribution in [3.05, 3.63) is 11.8 Å². The zero-order valence-corrected chi connectivity index (χ0v) is 6.47. The molecule has 0 rings (SSSR count). The second-order valence-electron chi connectivity index (χ2n) is 2.13. The first-order valence-corrected chi connectivity index (χ1v) is 2.91. The Hall–Kier alpha value is -1.02. The highest BCUT2D eigenvalue weighted by molar-refractivity contribution is 5.04. The van der Waals surface area contributed by atoms with Gasteiger partial charge >= 0.3 is 12.5 Å². The number of hydrogen-bond acceptors (Lipinski definition) is 1. The van der Waals surface area contributed by atoms with Gasteiger partial charge in [0.1, 0.15) is 0 Å². The maximum absolute atomic E-state index is 12.2. The average Bonchev–Trinajstić information content (AvgIpc) is 1.97. The minimum Gasteiger partial charge on any atom is -0.260 e. The van der Waals surface area contributed by atoms with Crippen LogP contribution < -0.4 is 0 Å². The Bertz CT molecular complexity index is 235. The third-order valence-corrected chi connectivity index (χ3v) is 1.10. The minimum atomic E-state index is -5.77. The van der Waals surface area contributed by atoms with Crippen LogP contribution >= 0.6 is 0 Å². The summed E-state index contributed by atoms with van der Waals surface area (Å²) < 4.78 is 92.9. The van der Waals surface area contributed by atoms with Gasteiger partial charge in [0.25, 0.3) is 5.83 Å². The van der Waals surface area contributed by atoms with Gasteiger partial charge in [-0.15, -0.1) is 0 Å². The van der Waals surface area contributed by atoms with E-state index in [2.05, 4.69) is 0 Å². The van der Waals surface area contributed by atoms with E-state index >= 15 is 0 Å². The van der Waals surface area contributed by atoms with Crippen molar-refractivity contribution in [2.24, 2.45) is 0 Å². The number of allylic oxidation sites excluding steroid dienone is 1. The Morgan fingerprint density at radius 2 is 1.29 bits per heavy atom. The number of hydrogen-bond donors (Lipinski definition) is 0. The molecular formula is C5H3F8N. The predicted molar refractivity (Wildman–Crippen MR) is 29.1 cm³/mol. The molecule has 0 aromatic heterocycles. The summed E-state index contributed by atoms with van der Waals surface area (Å²) in [6.07, 6.45) is -11.2. The summed E-state index contributed by atoms with van der Waals surface area (Å²) in [6, 6.07) is 0. The lowest BCUT2D eigenvalue weighted by atomic mass is 10.5. The molecule has 0 aromatic rings. The van der Waals surface area contributed by atoms with E-state index in [0.717, 1.165) is 0 Å². The summed E-state index contributed by atoms with van der Waals surface area (Å²) >= 11 is 0. The van der Waals surface area contributed by atoms with Crippen molar-refractivity contribution in [3.8, 4) is 0 Å². The van der Waals surface area contributed by atoms with Crippen molar-refractivity contribution in [3.63, 3.8) is 0 Å². The summed E-state index contributed by atoms with van der Waals surface area (Å²) in [5, 5.41) is 0. The third kappa shape index (κ3) is 3.04. The van der Waals surface area contributed by atoms with Crippen molar-refractivity contribution in [2.75, 3.05) is 7.05 Å². The Morgan fingerprint density at radius 1 is 0.929 bits per heavy atom. The molecular weight excluding hydrogens is 226 g/mol. The molecule has 0 spiro atoms. The van der Waals surface area contributed by atoms with E-state index in [-0.39, 0.29) is 7.05 Å². The van der Waals surface area contributed by atoms with Crippen LogP contribution in [0, 0.1) is 0 Å². The fourth-order valence-corrected chi connectivity index (χ4v) is 0.375. The second-order valence-corrected chi connectivity index (χ2v) is 2.13. The van der Waals surface area contributed by atoms with Crippen LogP contribution in [0.25, 0.3) is 0 Å². The van der Waals surface area contributed by atoms with Gasteiger partial charge in [-0.25, -0.2) is 0 Å². The molecule has 0 saturated heterocycles.